The monoisotopic (exact) mass is 295 g/mol. The lowest BCUT2D eigenvalue weighted by Gasteiger charge is -2.38. The molecule has 0 aromatic carbocycles. The van der Waals surface area contributed by atoms with Crippen LogP contribution in [0.15, 0.2) is 6.20 Å². The molecule has 1 N–H and O–H groups in total. The summed E-state index contributed by atoms with van der Waals surface area (Å²) in [5.41, 5.74) is -1.09. The zero-order chi connectivity index (χ0) is 15.0. The predicted molar refractivity (Wildman–Crippen MR) is 71.3 cm³/mol. The van der Waals surface area contributed by atoms with Gasteiger partial charge in [-0.1, -0.05) is 12.8 Å². The van der Waals surface area contributed by atoms with Crippen LogP contribution in [0.1, 0.15) is 55.1 Å². The molecule has 1 saturated carbocycles. The summed E-state index contributed by atoms with van der Waals surface area (Å²) in [6, 6.07) is -0.0383. The molecule has 0 bridgehead atoms. The SMILES string of the molecule is O=C(O)c1nn(C2CCOC3(CCCC3)C2)cc1[N+](=O)[O-]. The number of aromatic carboxylic acids is 1. The van der Waals surface area contributed by atoms with Gasteiger partial charge in [0.15, 0.2) is 0 Å². The third kappa shape index (κ3) is 2.51. The lowest BCUT2D eigenvalue weighted by Crippen LogP contribution is -2.38. The molecule has 0 amide bonds. The Morgan fingerprint density at radius 1 is 1.52 bits per heavy atom. The highest BCUT2D eigenvalue weighted by molar-refractivity contribution is 5.89. The molecule has 1 aliphatic carbocycles. The summed E-state index contributed by atoms with van der Waals surface area (Å²) in [6.45, 7) is 0.584. The van der Waals surface area contributed by atoms with E-state index in [0.29, 0.717) is 13.0 Å². The first-order chi connectivity index (χ1) is 10.0. The van der Waals surface area contributed by atoms with Crippen LogP contribution in [-0.2, 0) is 4.74 Å². The van der Waals surface area contributed by atoms with Gasteiger partial charge in [-0.2, -0.15) is 5.10 Å². The summed E-state index contributed by atoms with van der Waals surface area (Å²) in [7, 11) is 0. The van der Waals surface area contributed by atoms with Crippen LogP contribution in [-0.4, -0.2) is 38.0 Å². The normalized spacial score (nSPS) is 24.3. The van der Waals surface area contributed by atoms with E-state index in [2.05, 4.69) is 5.10 Å². The van der Waals surface area contributed by atoms with Crippen LogP contribution in [0.5, 0.6) is 0 Å². The molecular formula is C13H17N3O5. The molecule has 114 valence electrons. The highest BCUT2D eigenvalue weighted by Crippen LogP contribution is 2.43. The summed E-state index contributed by atoms with van der Waals surface area (Å²) in [4.78, 5) is 21.3. The molecule has 2 heterocycles. The first-order valence-electron chi connectivity index (χ1n) is 7.12. The molecule has 1 aromatic rings. The molecule has 3 rings (SSSR count). The first kappa shape index (κ1) is 14.0. The second kappa shape index (κ2) is 5.10. The molecule has 0 radical (unpaired) electrons. The van der Waals surface area contributed by atoms with Gasteiger partial charge in [-0.25, -0.2) is 4.79 Å². The highest BCUT2D eigenvalue weighted by atomic mass is 16.6. The summed E-state index contributed by atoms with van der Waals surface area (Å²) >= 11 is 0. The van der Waals surface area contributed by atoms with Crippen molar-refractivity contribution in [3.63, 3.8) is 0 Å². The lowest BCUT2D eigenvalue weighted by molar-refractivity contribution is -0.385. The second-order valence-electron chi connectivity index (χ2n) is 5.79. The number of hydrogen-bond donors (Lipinski definition) is 1. The molecule has 21 heavy (non-hydrogen) atoms. The van der Waals surface area contributed by atoms with Gasteiger partial charge >= 0.3 is 11.7 Å². The number of rotatable bonds is 3. The van der Waals surface area contributed by atoms with Crippen molar-refractivity contribution in [2.24, 2.45) is 0 Å². The van der Waals surface area contributed by atoms with Crippen LogP contribution in [0, 0.1) is 10.1 Å². The molecule has 1 atom stereocenters. The Morgan fingerprint density at radius 3 is 2.81 bits per heavy atom. The van der Waals surface area contributed by atoms with E-state index in [4.69, 9.17) is 9.84 Å². The van der Waals surface area contributed by atoms with Gasteiger partial charge in [0.05, 0.1) is 16.6 Å². The standard InChI is InChI=1S/C13H17N3O5/c17-12(18)11-10(16(19)20)8-15(14-11)9-3-6-21-13(7-9)4-1-2-5-13/h8-9H,1-7H2,(H,17,18). The average Bonchev–Trinajstić information content (AvgIpc) is 3.06. The summed E-state index contributed by atoms with van der Waals surface area (Å²) in [6.07, 6.45) is 6.93. The van der Waals surface area contributed by atoms with Crippen LogP contribution in [0.3, 0.4) is 0 Å². The van der Waals surface area contributed by atoms with Crippen LogP contribution >= 0.6 is 0 Å². The Kier molecular flexibility index (Phi) is 3.40. The maximum absolute atomic E-state index is 11.1. The molecule has 1 aromatic heterocycles. The fourth-order valence-corrected chi connectivity index (χ4v) is 3.45. The van der Waals surface area contributed by atoms with Crippen molar-refractivity contribution < 1.29 is 19.6 Å². The minimum absolute atomic E-state index is 0.0383. The van der Waals surface area contributed by atoms with E-state index in [1.54, 1.807) is 0 Å². The number of aromatic nitrogens is 2. The number of hydrogen-bond acceptors (Lipinski definition) is 5. The van der Waals surface area contributed by atoms with Crippen LogP contribution in [0.2, 0.25) is 0 Å². The minimum atomic E-state index is -1.37. The van der Waals surface area contributed by atoms with E-state index in [1.165, 1.54) is 10.9 Å². The van der Waals surface area contributed by atoms with Crippen molar-refractivity contribution in [2.45, 2.75) is 50.2 Å². The maximum atomic E-state index is 11.1. The van der Waals surface area contributed by atoms with Gasteiger partial charge < -0.3 is 9.84 Å². The zero-order valence-electron chi connectivity index (χ0n) is 11.5. The summed E-state index contributed by atoms with van der Waals surface area (Å²) in [5.74, 6) is -1.37. The van der Waals surface area contributed by atoms with E-state index in [-0.39, 0.29) is 11.6 Å². The third-order valence-corrected chi connectivity index (χ3v) is 4.47. The second-order valence-corrected chi connectivity index (χ2v) is 5.79. The smallest absolute Gasteiger partial charge is 0.363 e. The van der Waals surface area contributed by atoms with E-state index < -0.39 is 22.3 Å². The molecule has 1 aliphatic heterocycles. The molecule has 1 saturated heterocycles. The van der Waals surface area contributed by atoms with Crippen molar-refractivity contribution in [3.8, 4) is 0 Å². The Morgan fingerprint density at radius 2 is 2.24 bits per heavy atom. The van der Waals surface area contributed by atoms with E-state index in [9.17, 15) is 14.9 Å². The highest BCUT2D eigenvalue weighted by Gasteiger charge is 2.41. The Hall–Kier alpha value is -1.96. The number of nitrogens with zero attached hydrogens (tertiary/aromatic N) is 3. The van der Waals surface area contributed by atoms with Gasteiger partial charge in [0.2, 0.25) is 5.69 Å². The third-order valence-electron chi connectivity index (χ3n) is 4.47. The first-order valence-corrected chi connectivity index (χ1v) is 7.12. The molecule has 8 nitrogen and oxygen atoms in total. The Bertz CT molecular complexity index is 545. The van der Waals surface area contributed by atoms with Crippen LogP contribution < -0.4 is 0 Å². The maximum Gasteiger partial charge on any atom is 0.363 e. The fraction of sp³-hybridized carbons (Fsp3) is 0.692. The largest absolute Gasteiger partial charge is 0.476 e. The van der Waals surface area contributed by atoms with Gasteiger partial charge in [-0.3, -0.25) is 14.8 Å². The molecule has 2 aliphatic rings. The van der Waals surface area contributed by atoms with E-state index in [1.807, 2.05) is 0 Å². The zero-order valence-corrected chi connectivity index (χ0v) is 11.5. The van der Waals surface area contributed by atoms with Gasteiger partial charge in [0, 0.05) is 6.61 Å². The number of ether oxygens (including phenoxy) is 1. The minimum Gasteiger partial charge on any atom is -0.476 e. The molecular weight excluding hydrogens is 278 g/mol. The van der Waals surface area contributed by atoms with Crippen molar-refractivity contribution in [1.29, 1.82) is 0 Å². The molecule has 8 heteroatoms. The topological polar surface area (TPSA) is 107 Å². The molecule has 1 unspecified atom stereocenters. The van der Waals surface area contributed by atoms with E-state index in [0.717, 1.165) is 32.1 Å². The summed E-state index contributed by atoms with van der Waals surface area (Å²) < 4.78 is 7.37. The van der Waals surface area contributed by atoms with Gasteiger partial charge in [-0.15, -0.1) is 0 Å². The number of carboxylic acids is 1. The number of carbonyl (C=O) groups is 1. The molecule has 1 spiro atoms. The number of nitro groups is 1. The van der Waals surface area contributed by atoms with Crippen molar-refractivity contribution >= 4 is 11.7 Å². The Labute approximate surface area is 120 Å². The molecule has 2 fully saturated rings. The average molecular weight is 295 g/mol. The van der Waals surface area contributed by atoms with Crippen LogP contribution in [0.4, 0.5) is 5.69 Å². The van der Waals surface area contributed by atoms with Gasteiger partial charge in [0.25, 0.3) is 0 Å². The Balaban J connectivity index is 1.88. The lowest BCUT2D eigenvalue weighted by atomic mass is 9.89. The van der Waals surface area contributed by atoms with Crippen molar-refractivity contribution in [3.05, 3.63) is 22.0 Å². The quantitative estimate of drug-likeness (QED) is 0.676. The van der Waals surface area contributed by atoms with Gasteiger partial charge in [0.1, 0.15) is 6.20 Å². The van der Waals surface area contributed by atoms with Crippen molar-refractivity contribution in [1.82, 2.24) is 9.78 Å². The van der Waals surface area contributed by atoms with Gasteiger partial charge in [-0.05, 0) is 25.7 Å². The van der Waals surface area contributed by atoms with Crippen molar-refractivity contribution in [2.75, 3.05) is 6.61 Å². The predicted octanol–water partition coefficient (Wildman–Crippen LogP) is 2.15. The van der Waals surface area contributed by atoms with Crippen LogP contribution in [0.25, 0.3) is 0 Å². The fourth-order valence-electron chi connectivity index (χ4n) is 3.45. The van der Waals surface area contributed by atoms with E-state index >= 15 is 0 Å². The number of carboxylic acid groups (broad SMARTS) is 1. The summed E-state index contributed by atoms with van der Waals surface area (Å²) in [5, 5.41) is 23.9.